The van der Waals surface area contributed by atoms with Gasteiger partial charge in [0.1, 0.15) is 0 Å². The largest absolute Gasteiger partial charge is 0.327 e. The van der Waals surface area contributed by atoms with Crippen LogP contribution >= 0.6 is 11.8 Å². The van der Waals surface area contributed by atoms with E-state index in [0.29, 0.717) is 6.04 Å². The summed E-state index contributed by atoms with van der Waals surface area (Å²) in [6.45, 7) is 2.00. The second-order valence-corrected chi connectivity index (χ2v) is 3.16. The van der Waals surface area contributed by atoms with Crippen LogP contribution in [0.2, 0.25) is 0 Å². The highest BCUT2D eigenvalue weighted by atomic mass is 32.2. The van der Waals surface area contributed by atoms with E-state index in [9.17, 15) is 0 Å². The molecule has 0 heterocycles. The average molecular weight is 143 g/mol. The molecule has 0 rings (SSSR count). The van der Waals surface area contributed by atoms with E-state index in [1.807, 2.05) is 18.7 Å². The van der Waals surface area contributed by atoms with Gasteiger partial charge in [-0.05, 0) is 6.92 Å². The number of thioether (sulfide) groups is 1. The normalized spacial score (nSPS) is 12.6. The maximum Gasteiger partial charge on any atom is 0.0177 e. The van der Waals surface area contributed by atoms with Crippen LogP contribution in [0.4, 0.5) is 0 Å². The van der Waals surface area contributed by atoms with Crippen molar-refractivity contribution in [3.63, 3.8) is 0 Å². The lowest BCUT2D eigenvalue weighted by Gasteiger charge is -2.01. The lowest BCUT2D eigenvalue weighted by molar-refractivity contribution is 0.847. The predicted molar refractivity (Wildman–Crippen MR) is 44.4 cm³/mol. The predicted octanol–water partition coefficient (Wildman–Crippen LogP) is 1.09. The van der Waals surface area contributed by atoms with E-state index < -0.39 is 0 Å². The molecule has 0 aromatic heterocycles. The Morgan fingerprint density at radius 1 is 1.78 bits per heavy atom. The van der Waals surface area contributed by atoms with Gasteiger partial charge in [-0.2, -0.15) is 11.8 Å². The molecule has 0 aliphatic carbocycles. The summed E-state index contributed by atoms with van der Waals surface area (Å²) in [5.41, 5.74) is 5.50. The number of terminal acetylenes is 1. The molecule has 9 heavy (non-hydrogen) atoms. The van der Waals surface area contributed by atoms with Crippen LogP contribution in [0.1, 0.15) is 13.3 Å². The third-order valence-corrected chi connectivity index (χ3v) is 2.03. The van der Waals surface area contributed by atoms with Gasteiger partial charge in [0.2, 0.25) is 0 Å². The monoisotopic (exact) mass is 143 g/mol. The van der Waals surface area contributed by atoms with E-state index in [1.54, 1.807) is 0 Å². The van der Waals surface area contributed by atoms with Gasteiger partial charge < -0.3 is 5.73 Å². The molecule has 1 nitrogen and oxygen atoms in total. The molecule has 0 amide bonds. The Morgan fingerprint density at radius 2 is 2.44 bits per heavy atom. The standard InChI is InChI=1S/C7H13NS/c1-3-4-5-9-6-7(2)8/h1,7H,4-6,8H2,2H3. The first-order valence-corrected chi connectivity index (χ1v) is 4.19. The van der Waals surface area contributed by atoms with Crippen molar-refractivity contribution in [2.75, 3.05) is 11.5 Å². The Hall–Kier alpha value is -0.130. The van der Waals surface area contributed by atoms with E-state index in [0.717, 1.165) is 17.9 Å². The van der Waals surface area contributed by atoms with Gasteiger partial charge in [-0.25, -0.2) is 0 Å². The summed E-state index contributed by atoms with van der Waals surface area (Å²) in [6, 6.07) is 0.299. The Labute approximate surface area is 61.4 Å². The second-order valence-electron chi connectivity index (χ2n) is 2.01. The molecule has 0 bridgehead atoms. The molecule has 1 atom stereocenters. The quantitative estimate of drug-likeness (QED) is 0.471. The molecule has 0 spiro atoms. The highest BCUT2D eigenvalue weighted by Gasteiger charge is 1.91. The lowest BCUT2D eigenvalue weighted by atomic mass is 10.4. The topological polar surface area (TPSA) is 26.0 Å². The zero-order chi connectivity index (χ0) is 7.11. The van der Waals surface area contributed by atoms with Crippen LogP contribution in [0, 0.1) is 12.3 Å². The summed E-state index contributed by atoms with van der Waals surface area (Å²) in [4.78, 5) is 0. The van der Waals surface area contributed by atoms with Crippen molar-refractivity contribution in [2.45, 2.75) is 19.4 Å². The van der Waals surface area contributed by atoms with E-state index >= 15 is 0 Å². The first-order chi connectivity index (χ1) is 4.27. The van der Waals surface area contributed by atoms with Crippen molar-refractivity contribution >= 4 is 11.8 Å². The average Bonchev–Trinajstić information content (AvgIpc) is 1.80. The molecule has 0 saturated carbocycles. The van der Waals surface area contributed by atoms with Gasteiger partial charge in [0.15, 0.2) is 0 Å². The maximum absolute atomic E-state index is 5.50. The molecule has 0 radical (unpaired) electrons. The molecule has 0 saturated heterocycles. The smallest absolute Gasteiger partial charge is 0.0177 e. The van der Waals surface area contributed by atoms with Crippen molar-refractivity contribution in [3.05, 3.63) is 0 Å². The van der Waals surface area contributed by atoms with E-state index in [1.165, 1.54) is 0 Å². The van der Waals surface area contributed by atoms with Gasteiger partial charge in [0.25, 0.3) is 0 Å². The zero-order valence-corrected chi connectivity index (χ0v) is 6.58. The molecule has 0 aromatic carbocycles. The van der Waals surface area contributed by atoms with Crippen molar-refractivity contribution in [1.82, 2.24) is 0 Å². The van der Waals surface area contributed by atoms with Crippen molar-refractivity contribution in [1.29, 1.82) is 0 Å². The van der Waals surface area contributed by atoms with Crippen LogP contribution in [-0.4, -0.2) is 17.5 Å². The highest BCUT2D eigenvalue weighted by molar-refractivity contribution is 7.99. The summed E-state index contributed by atoms with van der Waals surface area (Å²) < 4.78 is 0. The molecule has 52 valence electrons. The molecular weight excluding hydrogens is 130 g/mol. The number of rotatable bonds is 4. The Kier molecular flexibility index (Phi) is 5.91. The van der Waals surface area contributed by atoms with Gasteiger partial charge in [-0.15, -0.1) is 12.3 Å². The number of hydrogen-bond acceptors (Lipinski definition) is 2. The van der Waals surface area contributed by atoms with Crippen LogP contribution in [0.15, 0.2) is 0 Å². The van der Waals surface area contributed by atoms with Gasteiger partial charge in [-0.1, -0.05) is 0 Å². The van der Waals surface area contributed by atoms with E-state index in [2.05, 4.69) is 5.92 Å². The fourth-order valence-corrected chi connectivity index (χ4v) is 1.20. The molecule has 0 fully saturated rings. The van der Waals surface area contributed by atoms with Gasteiger partial charge in [0, 0.05) is 24.0 Å². The summed E-state index contributed by atoms with van der Waals surface area (Å²) >= 11 is 1.82. The van der Waals surface area contributed by atoms with Gasteiger partial charge in [-0.3, -0.25) is 0 Å². The minimum absolute atomic E-state index is 0.299. The number of hydrogen-bond donors (Lipinski definition) is 1. The van der Waals surface area contributed by atoms with Gasteiger partial charge >= 0.3 is 0 Å². The summed E-state index contributed by atoms with van der Waals surface area (Å²) in [5, 5.41) is 0. The molecule has 0 aliphatic rings. The maximum atomic E-state index is 5.50. The van der Waals surface area contributed by atoms with Crippen LogP contribution in [0.5, 0.6) is 0 Å². The Balaban J connectivity index is 2.85. The SMILES string of the molecule is C#CCCSCC(C)N. The highest BCUT2D eigenvalue weighted by Crippen LogP contribution is 2.02. The third kappa shape index (κ3) is 7.87. The molecule has 0 aromatic rings. The van der Waals surface area contributed by atoms with E-state index in [-0.39, 0.29) is 0 Å². The Bertz CT molecular complexity index is 93.6. The number of nitrogens with two attached hydrogens (primary N) is 1. The summed E-state index contributed by atoms with van der Waals surface area (Å²) in [7, 11) is 0. The fraction of sp³-hybridized carbons (Fsp3) is 0.714. The minimum Gasteiger partial charge on any atom is -0.327 e. The fourth-order valence-electron chi connectivity index (χ4n) is 0.400. The van der Waals surface area contributed by atoms with Crippen molar-refractivity contribution in [2.24, 2.45) is 5.73 Å². The molecule has 2 N–H and O–H groups in total. The molecular formula is C7H13NS. The van der Waals surface area contributed by atoms with Crippen LogP contribution in [0.25, 0.3) is 0 Å². The van der Waals surface area contributed by atoms with Gasteiger partial charge in [0.05, 0.1) is 0 Å². The summed E-state index contributed by atoms with van der Waals surface area (Å²) in [5.74, 6) is 4.64. The van der Waals surface area contributed by atoms with Crippen molar-refractivity contribution in [3.8, 4) is 12.3 Å². The lowest BCUT2D eigenvalue weighted by Crippen LogP contribution is -2.17. The Morgan fingerprint density at radius 3 is 2.89 bits per heavy atom. The first-order valence-electron chi connectivity index (χ1n) is 3.04. The second kappa shape index (κ2) is 6.00. The van der Waals surface area contributed by atoms with Crippen molar-refractivity contribution < 1.29 is 0 Å². The van der Waals surface area contributed by atoms with Crippen LogP contribution in [-0.2, 0) is 0 Å². The third-order valence-electron chi connectivity index (χ3n) is 0.771. The first kappa shape index (κ1) is 8.87. The zero-order valence-electron chi connectivity index (χ0n) is 5.76. The summed E-state index contributed by atoms with van der Waals surface area (Å²) in [6.07, 6.45) is 5.91. The molecule has 0 aliphatic heterocycles. The van der Waals surface area contributed by atoms with Crippen LogP contribution in [0.3, 0.4) is 0 Å². The van der Waals surface area contributed by atoms with E-state index in [4.69, 9.17) is 12.2 Å². The molecule has 2 heteroatoms. The molecule has 1 unspecified atom stereocenters. The van der Waals surface area contributed by atoms with Crippen LogP contribution < -0.4 is 5.73 Å². The minimum atomic E-state index is 0.299.